The summed E-state index contributed by atoms with van der Waals surface area (Å²) in [5.74, 6) is 0.193. The fourth-order valence-corrected chi connectivity index (χ4v) is 3.66. The molecule has 3 rings (SSSR count). The Morgan fingerprint density at radius 1 is 1.43 bits per heavy atom. The van der Waals surface area contributed by atoms with Gasteiger partial charge in [-0.25, -0.2) is 0 Å². The molecule has 1 saturated carbocycles. The molecule has 1 heterocycles. The third kappa shape index (κ3) is 2.64. The maximum atomic E-state index is 12.2. The average Bonchev–Trinajstić information content (AvgIpc) is 3.32. The number of rotatable bonds is 6. The first-order chi connectivity index (χ1) is 10.2. The molecule has 1 fully saturated rings. The molecule has 3 N–H and O–H groups in total. The Kier molecular flexibility index (Phi) is 3.89. The van der Waals surface area contributed by atoms with Crippen molar-refractivity contribution in [2.75, 3.05) is 24.5 Å². The van der Waals surface area contributed by atoms with Crippen LogP contribution < -0.4 is 16.0 Å². The molecule has 114 valence electrons. The number of primary amides is 1. The van der Waals surface area contributed by atoms with E-state index in [4.69, 9.17) is 5.73 Å². The molecule has 1 aromatic carbocycles. The Morgan fingerprint density at radius 2 is 2.19 bits per heavy atom. The number of nitrogens with two attached hydrogens (primary N) is 1. The van der Waals surface area contributed by atoms with Crippen LogP contribution in [0.15, 0.2) is 24.3 Å². The highest BCUT2D eigenvalue weighted by Crippen LogP contribution is 2.41. The van der Waals surface area contributed by atoms with Crippen molar-refractivity contribution in [1.29, 1.82) is 0 Å². The first-order valence-corrected chi connectivity index (χ1v) is 8.05. The van der Waals surface area contributed by atoms with Crippen LogP contribution in [0.3, 0.4) is 0 Å². The molecule has 0 aromatic heterocycles. The molecule has 1 unspecified atom stereocenters. The molecular formula is C17H25N3O. The third-order valence-corrected chi connectivity index (χ3v) is 4.85. The lowest BCUT2D eigenvalue weighted by Gasteiger charge is -2.40. The first kappa shape index (κ1) is 14.4. The van der Waals surface area contributed by atoms with Gasteiger partial charge in [0.05, 0.1) is 0 Å². The van der Waals surface area contributed by atoms with Gasteiger partial charge in [-0.05, 0) is 49.8 Å². The molecule has 0 radical (unpaired) electrons. The number of hydrogen-bond acceptors (Lipinski definition) is 3. The summed E-state index contributed by atoms with van der Waals surface area (Å²) in [6.45, 7) is 4.52. The maximum Gasteiger partial charge on any atom is 0.239 e. The summed E-state index contributed by atoms with van der Waals surface area (Å²) in [6.07, 6.45) is 4.47. The molecule has 1 amide bonds. The van der Waals surface area contributed by atoms with Gasteiger partial charge in [0.2, 0.25) is 5.91 Å². The number of aryl methyl sites for hydroxylation is 1. The molecule has 4 heteroatoms. The Labute approximate surface area is 126 Å². The summed E-state index contributed by atoms with van der Waals surface area (Å²) in [4.78, 5) is 14.6. The molecule has 1 aliphatic carbocycles. The average molecular weight is 287 g/mol. The molecule has 0 spiro atoms. The standard InChI is InChI=1S/C17H25N3O/c1-2-19-17(16(18)21,14-9-10-14)12-20-11-5-7-13-6-3-4-8-15(13)20/h3-4,6,8,14,19H,2,5,7,9-12H2,1H3,(H2,18,21). The Hall–Kier alpha value is -1.55. The van der Waals surface area contributed by atoms with Crippen molar-refractivity contribution in [2.45, 2.75) is 38.1 Å². The number of nitrogens with zero attached hydrogens (tertiary/aromatic N) is 1. The fourth-order valence-electron chi connectivity index (χ4n) is 3.66. The number of amides is 1. The van der Waals surface area contributed by atoms with E-state index in [2.05, 4.69) is 34.5 Å². The van der Waals surface area contributed by atoms with Crippen molar-refractivity contribution in [3.8, 4) is 0 Å². The van der Waals surface area contributed by atoms with Crippen molar-refractivity contribution in [2.24, 2.45) is 11.7 Å². The van der Waals surface area contributed by atoms with E-state index in [0.717, 1.165) is 38.8 Å². The summed E-state index contributed by atoms with van der Waals surface area (Å²) in [5, 5.41) is 3.42. The minimum Gasteiger partial charge on any atom is -0.369 e. The van der Waals surface area contributed by atoms with E-state index >= 15 is 0 Å². The van der Waals surface area contributed by atoms with Crippen LogP contribution in [0.5, 0.6) is 0 Å². The molecule has 0 bridgehead atoms. The number of hydrogen-bond donors (Lipinski definition) is 2. The van der Waals surface area contributed by atoms with Crippen molar-refractivity contribution >= 4 is 11.6 Å². The summed E-state index contributed by atoms with van der Waals surface area (Å²) in [7, 11) is 0. The van der Waals surface area contributed by atoms with Crippen molar-refractivity contribution in [3.63, 3.8) is 0 Å². The van der Waals surface area contributed by atoms with Crippen LogP contribution in [0.25, 0.3) is 0 Å². The van der Waals surface area contributed by atoms with Gasteiger partial charge in [-0.15, -0.1) is 0 Å². The minimum atomic E-state index is -0.570. The predicted octanol–water partition coefficient (Wildman–Crippen LogP) is 1.68. The van der Waals surface area contributed by atoms with Crippen molar-refractivity contribution in [3.05, 3.63) is 29.8 Å². The number of para-hydroxylation sites is 1. The minimum absolute atomic E-state index is 0.199. The van der Waals surface area contributed by atoms with Gasteiger partial charge in [0.25, 0.3) is 0 Å². The topological polar surface area (TPSA) is 58.4 Å². The van der Waals surface area contributed by atoms with E-state index < -0.39 is 5.54 Å². The van der Waals surface area contributed by atoms with Crippen molar-refractivity contribution < 1.29 is 4.79 Å². The van der Waals surface area contributed by atoms with Crippen LogP contribution in [0.1, 0.15) is 31.7 Å². The lowest BCUT2D eigenvalue weighted by Crippen LogP contribution is -2.63. The van der Waals surface area contributed by atoms with Crippen LogP contribution in [0, 0.1) is 5.92 Å². The lowest BCUT2D eigenvalue weighted by molar-refractivity contribution is -0.125. The van der Waals surface area contributed by atoms with Gasteiger partial charge in [-0.3, -0.25) is 4.79 Å². The zero-order valence-corrected chi connectivity index (χ0v) is 12.8. The Bertz CT molecular complexity index is 527. The summed E-state index contributed by atoms with van der Waals surface area (Å²) < 4.78 is 0. The summed E-state index contributed by atoms with van der Waals surface area (Å²) in [5.41, 5.74) is 7.89. The molecular weight excluding hydrogens is 262 g/mol. The molecule has 1 aromatic rings. The van der Waals surface area contributed by atoms with Crippen LogP contribution in [0.2, 0.25) is 0 Å². The number of anilines is 1. The molecule has 21 heavy (non-hydrogen) atoms. The van der Waals surface area contributed by atoms with Gasteiger partial charge < -0.3 is 16.0 Å². The van der Waals surface area contributed by atoms with Crippen LogP contribution in [0.4, 0.5) is 5.69 Å². The van der Waals surface area contributed by atoms with Gasteiger partial charge in [0.15, 0.2) is 0 Å². The highest BCUT2D eigenvalue weighted by Gasteiger charge is 2.50. The van der Waals surface area contributed by atoms with Crippen LogP contribution in [-0.4, -0.2) is 31.1 Å². The van der Waals surface area contributed by atoms with E-state index in [9.17, 15) is 4.79 Å². The van der Waals surface area contributed by atoms with Crippen LogP contribution in [-0.2, 0) is 11.2 Å². The smallest absolute Gasteiger partial charge is 0.239 e. The number of benzene rings is 1. The zero-order chi connectivity index (χ0) is 14.9. The molecule has 2 aliphatic rings. The Morgan fingerprint density at radius 3 is 2.86 bits per heavy atom. The maximum absolute atomic E-state index is 12.2. The second-order valence-electron chi connectivity index (χ2n) is 6.29. The van der Waals surface area contributed by atoms with Gasteiger partial charge in [0, 0.05) is 18.8 Å². The molecule has 1 atom stereocenters. The highest BCUT2D eigenvalue weighted by atomic mass is 16.1. The first-order valence-electron chi connectivity index (χ1n) is 8.05. The summed E-state index contributed by atoms with van der Waals surface area (Å²) >= 11 is 0. The van der Waals surface area contributed by atoms with Crippen LogP contribution >= 0.6 is 0 Å². The molecule has 1 aliphatic heterocycles. The normalized spacial score (nSPS) is 20.7. The second-order valence-corrected chi connectivity index (χ2v) is 6.29. The third-order valence-electron chi connectivity index (χ3n) is 4.85. The second kappa shape index (κ2) is 5.68. The SMILES string of the molecule is CCNC(CN1CCCc2ccccc21)(C(N)=O)C1CC1. The predicted molar refractivity (Wildman–Crippen MR) is 85.3 cm³/mol. The van der Waals surface area contributed by atoms with Gasteiger partial charge in [0.1, 0.15) is 5.54 Å². The number of fused-ring (bicyclic) bond motifs is 1. The molecule has 0 saturated heterocycles. The largest absolute Gasteiger partial charge is 0.369 e. The number of carbonyl (C=O) groups excluding carboxylic acids is 1. The van der Waals surface area contributed by atoms with Gasteiger partial charge in [-0.1, -0.05) is 25.1 Å². The number of carbonyl (C=O) groups is 1. The molecule has 4 nitrogen and oxygen atoms in total. The lowest BCUT2D eigenvalue weighted by atomic mass is 9.89. The highest BCUT2D eigenvalue weighted by molar-refractivity contribution is 5.86. The number of likely N-dealkylation sites (N-methyl/N-ethyl adjacent to an activating group) is 1. The number of nitrogens with one attached hydrogen (secondary N) is 1. The van der Waals surface area contributed by atoms with E-state index in [1.807, 2.05) is 6.92 Å². The van der Waals surface area contributed by atoms with Crippen molar-refractivity contribution in [1.82, 2.24) is 5.32 Å². The van der Waals surface area contributed by atoms with E-state index in [-0.39, 0.29) is 5.91 Å². The van der Waals surface area contributed by atoms with E-state index in [0.29, 0.717) is 12.5 Å². The quantitative estimate of drug-likeness (QED) is 0.837. The zero-order valence-electron chi connectivity index (χ0n) is 12.8. The monoisotopic (exact) mass is 287 g/mol. The summed E-state index contributed by atoms with van der Waals surface area (Å²) in [6, 6.07) is 8.53. The van der Waals surface area contributed by atoms with Gasteiger partial charge in [-0.2, -0.15) is 0 Å². The van der Waals surface area contributed by atoms with Gasteiger partial charge >= 0.3 is 0 Å². The fraction of sp³-hybridized carbons (Fsp3) is 0.588. The Balaban J connectivity index is 1.88. The van der Waals surface area contributed by atoms with E-state index in [1.54, 1.807) is 0 Å². The van der Waals surface area contributed by atoms with E-state index in [1.165, 1.54) is 11.3 Å².